The molecule has 1 atom stereocenters. The number of nitrogens with zero attached hydrogens (tertiary/aromatic N) is 3. The second kappa shape index (κ2) is 11.0. The first-order chi connectivity index (χ1) is 16.6. The van der Waals surface area contributed by atoms with Gasteiger partial charge < -0.3 is 14.8 Å². The van der Waals surface area contributed by atoms with E-state index in [0.29, 0.717) is 41.8 Å². The number of hydrogen-bond acceptors (Lipinski definition) is 5. The van der Waals surface area contributed by atoms with Crippen LogP contribution in [0.15, 0.2) is 60.3 Å². The summed E-state index contributed by atoms with van der Waals surface area (Å²) in [6, 6.07) is 17.0. The van der Waals surface area contributed by atoms with Crippen LogP contribution in [0.5, 0.6) is 5.75 Å². The average Bonchev–Trinajstić information content (AvgIpc) is 3.53. The molecular weight excluding hydrogens is 452 g/mol. The highest BCUT2D eigenvalue weighted by atomic mass is 35.5. The molecule has 34 heavy (non-hydrogen) atoms. The third-order valence-corrected chi connectivity index (χ3v) is 5.74. The van der Waals surface area contributed by atoms with Crippen molar-refractivity contribution in [2.24, 2.45) is 0 Å². The van der Waals surface area contributed by atoms with E-state index in [-0.39, 0.29) is 11.7 Å². The van der Waals surface area contributed by atoms with E-state index in [2.05, 4.69) is 5.32 Å². The molecule has 1 fully saturated rings. The number of ether oxygens (including phenoxy) is 2. The summed E-state index contributed by atoms with van der Waals surface area (Å²) in [4.78, 5) is 12.7. The zero-order chi connectivity index (χ0) is 23.9. The first-order valence-electron chi connectivity index (χ1n) is 11.2. The molecule has 0 saturated carbocycles. The van der Waals surface area contributed by atoms with Crippen LogP contribution in [0.4, 0.5) is 0 Å². The van der Waals surface area contributed by atoms with Crippen molar-refractivity contribution in [3.05, 3.63) is 70.9 Å². The minimum atomic E-state index is -0.443. The number of para-hydroxylation sites is 1. The van der Waals surface area contributed by atoms with Gasteiger partial charge in [0.15, 0.2) is 0 Å². The Kier molecular flexibility index (Phi) is 7.63. The largest absolute Gasteiger partial charge is 0.492 e. The second-order valence-corrected chi connectivity index (χ2v) is 8.21. The summed E-state index contributed by atoms with van der Waals surface area (Å²) in [7, 11) is 0. The highest BCUT2D eigenvalue weighted by molar-refractivity contribution is 6.32. The minimum absolute atomic E-state index is 0.00807. The molecule has 3 aromatic rings. The Bertz CT molecular complexity index is 1220. The predicted molar refractivity (Wildman–Crippen MR) is 131 cm³/mol. The van der Waals surface area contributed by atoms with Crippen molar-refractivity contribution in [2.45, 2.75) is 25.9 Å². The molecule has 1 saturated heterocycles. The van der Waals surface area contributed by atoms with Crippen LogP contribution in [-0.4, -0.2) is 41.6 Å². The fourth-order valence-corrected chi connectivity index (χ4v) is 4.00. The molecule has 1 N–H and O–H groups in total. The predicted octanol–water partition coefficient (Wildman–Crippen LogP) is 4.79. The fourth-order valence-electron chi connectivity index (χ4n) is 3.76. The molecule has 1 aliphatic heterocycles. The Labute approximate surface area is 203 Å². The summed E-state index contributed by atoms with van der Waals surface area (Å²) < 4.78 is 12.8. The maximum absolute atomic E-state index is 12.7. The number of carbonyl (C=O) groups is 1. The van der Waals surface area contributed by atoms with Crippen molar-refractivity contribution in [3.63, 3.8) is 0 Å². The molecule has 0 spiro atoms. The number of nitrogens with one attached hydrogen (secondary N) is 1. The van der Waals surface area contributed by atoms with E-state index in [0.717, 1.165) is 24.1 Å². The summed E-state index contributed by atoms with van der Waals surface area (Å²) >= 11 is 6.42. The van der Waals surface area contributed by atoms with Crippen molar-refractivity contribution in [3.8, 4) is 28.8 Å². The summed E-state index contributed by atoms with van der Waals surface area (Å²) in [6.07, 6.45) is 5.22. The van der Waals surface area contributed by atoms with Gasteiger partial charge in [0.05, 0.1) is 23.4 Å². The molecule has 0 aliphatic carbocycles. The third kappa shape index (κ3) is 5.48. The monoisotopic (exact) mass is 476 g/mol. The van der Waals surface area contributed by atoms with E-state index < -0.39 is 5.91 Å². The van der Waals surface area contributed by atoms with Gasteiger partial charge in [0.25, 0.3) is 5.91 Å². The van der Waals surface area contributed by atoms with Gasteiger partial charge in [0.1, 0.15) is 23.1 Å². The second-order valence-electron chi connectivity index (χ2n) is 7.81. The molecule has 1 aromatic heterocycles. The number of rotatable bonds is 8. The van der Waals surface area contributed by atoms with Gasteiger partial charge >= 0.3 is 0 Å². The van der Waals surface area contributed by atoms with Crippen LogP contribution in [0.3, 0.4) is 0 Å². The van der Waals surface area contributed by atoms with Crippen LogP contribution in [-0.2, 0) is 9.53 Å². The smallest absolute Gasteiger partial charge is 0.262 e. The standard InChI is InChI=1S/C26H25ClN4O3/c1-2-33-24-11-10-18(14-23(24)27)25-20(17-31(30-25)21-7-4-3-5-8-21)13-19(15-28)26(32)29-16-22-9-6-12-34-22/h3-5,7-8,10-11,13-14,17,22H,2,6,9,12,16H2,1H3,(H,29,32)/b19-13+/t22-/m1/s1. The Morgan fingerprint density at radius 2 is 2.18 bits per heavy atom. The number of amides is 1. The SMILES string of the molecule is CCOc1ccc(-c2nn(-c3ccccc3)cc2/C=C(\C#N)C(=O)NC[C@H]2CCCO2)cc1Cl. The lowest BCUT2D eigenvalue weighted by atomic mass is 10.1. The maximum Gasteiger partial charge on any atom is 0.262 e. The number of hydrogen-bond donors (Lipinski definition) is 1. The first kappa shape index (κ1) is 23.6. The van der Waals surface area contributed by atoms with Gasteiger partial charge in [-0.1, -0.05) is 29.8 Å². The lowest BCUT2D eigenvalue weighted by Crippen LogP contribution is -2.32. The molecule has 174 valence electrons. The fraction of sp³-hybridized carbons (Fsp3) is 0.269. The van der Waals surface area contributed by atoms with Crippen LogP contribution in [0, 0.1) is 11.3 Å². The third-order valence-electron chi connectivity index (χ3n) is 5.45. The van der Waals surface area contributed by atoms with E-state index >= 15 is 0 Å². The summed E-state index contributed by atoms with van der Waals surface area (Å²) in [5, 5.41) is 17.7. The number of nitriles is 1. The molecule has 2 heterocycles. The van der Waals surface area contributed by atoms with Gasteiger partial charge in [0.2, 0.25) is 0 Å². The highest BCUT2D eigenvalue weighted by Crippen LogP contribution is 2.32. The summed E-state index contributed by atoms with van der Waals surface area (Å²) in [5.74, 6) is 0.139. The molecule has 8 heteroatoms. The summed E-state index contributed by atoms with van der Waals surface area (Å²) in [6.45, 7) is 3.47. The topological polar surface area (TPSA) is 89.2 Å². The molecule has 2 aromatic carbocycles. The molecule has 1 amide bonds. The van der Waals surface area contributed by atoms with Gasteiger partial charge in [0, 0.05) is 30.5 Å². The lowest BCUT2D eigenvalue weighted by Gasteiger charge is -2.10. The minimum Gasteiger partial charge on any atom is -0.492 e. The van der Waals surface area contributed by atoms with Gasteiger partial charge in [-0.15, -0.1) is 0 Å². The van der Waals surface area contributed by atoms with Crippen LogP contribution < -0.4 is 10.1 Å². The van der Waals surface area contributed by atoms with E-state index in [1.54, 1.807) is 29.1 Å². The molecule has 1 aliphatic rings. The Morgan fingerprint density at radius 1 is 1.35 bits per heavy atom. The number of aromatic nitrogens is 2. The molecular formula is C26H25ClN4O3. The molecule has 4 rings (SSSR count). The van der Waals surface area contributed by atoms with Crippen LogP contribution in [0.2, 0.25) is 5.02 Å². The van der Waals surface area contributed by atoms with Crippen LogP contribution >= 0.6 is 11.6 Å². The zero-order valence-corrected chi connectivity index (χ0v) is 19.6. The van der Waals surface area contributed by atoms with E-state index in [4.69, 9.17) is 26.2 Å². The highest BCUT2D eigenvalue weighted by Gasteiger charge is 2.19. The lowest BCUT2D eigenvalue weighted by molar-refractivity contribution is -0.117. The normalized spacial score (nSPS) is 15.7. The van der Waals surface area contributed by atoms with Crippen molar-refractivity contribution >= 4 is 23.6 Å². The van der Waals surface area contributed by atoms with E-state index in [1.165, 1.54) is 0 Å². The van der Waals surface area contributed by atoms with Crippen molar-refractivity contribution in [2.75, 3.05) is 19.8 Å². The Morgan fingerprint density at radius 3 is 2.85 bits per heavy atom. The molecule has 0 radical (unpaired) electrons. The summed E-state index contributed by atoms with van der Waals surface area (Å²) in [5.41, 5.74) is 2.79. The van der Waals surface area contributed by atoms with Gasteiger partial charge in [-0.25, -0.2) is 4.68 Å². The quantitative estimate of drug-likeness (QED) is 0.373. The number of halogens is 1. The van der Waals surface area contributed by atoms with E-state index in [1.807, 2.05) is 49.4 Å². The molecule has 0 bridgehead atoms. The molecule has 0 unspecified atom stereocenters. The van der Waals surface area contributed by atoms with Gasteiger partial charge in [-0.2, -0.15) is 10.4 Å². The number of carbonyl (C=O) groups excluding carboxylic acids is 1. The van der Waals surface area contributed by atoms with E-state index in [9.17, 15) is 10.1 Å². The maximum atomic E-state index is 12.7. The molecule has 7 nitrogen and oxygen atoms in total. The van der Waals surface area contributed by atoms with Crippen molar-refractivity contribution < 1.29 is 14.3 Å². The van der Waals surface area contributed by atoms with Crippen LogP contribution in [0.1, 0.15) is 25.3 Å². The van der Waals surface area contributed by atoms with Crippen molar-refractivity contribution in [1.29, 1.82) is 5.26 Å². The van der Waals surface area contributed by atoms with Gasteiger partial charge in [-0.3, -0.25) is 4.79 Å². The Hall–Kier alpha value is -3.60. The zero-order valence-electron chi connectivity index (χ0n) is 18.8. The first-order valence-corrected chi connectivity index (χ1v) is 11.6. The van der Waals surface area contributed by atoms with Crippen LogP contribution in [0.25, 0.3) is 23.0 Å². The Balaban J connectivity index is 1.69. The van der Waals surface area contributed by atoms with Crippen molar-refractivity contribution in [1.82, 2.24) is 15.1 Å². The average molecular weight is 477 g/mol. The van der Waals surface area contributed by atoms with Gasteiger partial charge in [-0.05, 0) is 56.2 Å². The number of benzene rings is 2.